The number of ether oxygens (including phenoxy) is 1. The summed E-state index contributed by atoms with van der Waals surface area (Å²) in [5, 5.41) is 9.11. The Bertz CT molecular complexity index is 1570. The number of esters is 1. The third kappa shape index (κ3) is 4.00. The van der Waals surface area contributed by atoms with Crippen molar-refractivity contribution in [1.82, 2.24) is 14.5 Å². The van der Waals surface area contributed by atoms with Crippen LogP contribution in [-0.2, 0) is 16.1 Å². The van der Waals surface area contributed by atoms with Gasteiger partial charge in [-0.2, -0.15) is 0 Å². The van der Waals surface area contributed by atoms with E-state index in [9.17, 15) is 4.79 Å². The van der Waals surface area contributed by atoms with Gasteiger partial charge >= 0.3 is 5.97 Å². The summed E-state index contributed by atoms with van der Waals surface area (Å²) in [5.41, 5.74) is 17.5. The quantitative estimate of drug-likeness (QED) is 0.177. The molecule has 5 N–H and O–H groups in total. The van der Waals surface area contributed by atoms with Gasteiger partial charge in [-0.3, -0.25) is 4.79 Å². The first-order valence-corrected chi connectivity index (χ1v) is 11.8. The van der Waals surface area contributed by atoms with E-state index < -0.39 is 0 Å². The Hall–Kier alpha value is -4.24. The van der Waals surface area contributed by atoms with Crippen molar-refractivity contribution >= 4 is 56.3 Å². The first-order valence-electron chi connectivity index (χ1n) is 11.0. The number of carbonyl (C=O) groups excluding carboxylic acids is 1. The molecule has 3 aromatic heterocycles. The van der Waals surface area contributed by atoms with E-state index in [-0.39, 0.29) is 17.8 Å². The number of carbonyl (C=O) groups is 1. The number of aromatic nitrogens is 3. The second kappa shape index (κ2) is 8.84. The summed E-state index contributed by atoms with van der Waals surface area (Å²) in [7, 11) is 1.38. The van der Waals surface area contributed by atoms with Crippen molar-refractivity contribution in [2.24, 2.45) is 5.92 Å². The summed E-state index contributed by atoms with van der Waals surface area (Å²) in [6.45, 7) is 2.21. The van der Waals surface area contributed by atoms with Crippen molar-refractivity contribution in [3.05, 3.63) is 60.4 Å². The molecule has 1 unspecified atom stereocenters. The highest BCUT2D eigenvalue weighted by Crippen LogP contribution is 2.41. The van der Waals surface area contributed by atoms with Crippen LogP contribution in [0.25, 0.3) is 42.7 Å². The summed E-state index contributed by atoms with van der Waals surface area (Å²) < 4.78 is 8.00. The third-order valence-electron chi connectivity index (χ3n) is 6.08. The van der Waals surface area contributed by atoms with Gasteiger partial charge in [-0.15, -0.1) is 11.3 Å². The lowest BCUT2D eigenvalue weighted by atomic mass is 9.98. The number of fused-ring (bicyclic) bond motifs is 2. The molecule has 0 aliphatic rings. The molecule has 35 heavy (non-hydrogen) atoms. The molecule has 0 aliphatic heterocycles. The highest BCUT2D eigenvalue weighted by atomic mass is 32.1. The highest BCUT2D eigenvalue weighted by Gasteiger charge is 2.20. The molecule has 0 aliphatic carbocycles. The Balaban J connectivity index is 1.70. The van der Waals surface area contributed by atoms with Crippen LogP contribution in [0, 0.1) is 11.3 Å². The maximum absolute atomic E-state index is 12.1. The first kappa shape index (κ1) is 22.5. The van der Waals surface area contributed by atoms with Gasteiger partial charge in [0.25, 0.3) is 0 Å². The number of anilines is 2. The van der Waals surface area contributed by atoms with Crippen molar-refractivity contribution in [3.8, 4) is 21.6 Å². The van der Waals surface area contributed by atoms with Gasteiger partial charge in [0.05, 0.1) is 24.7 Å². The van der Waals surface area contributed by atoms with E-state index in [1.165, 1.54) is 13.3 Å². The number of hydrogen-bond acceptors (Lipinski definition) is 8. The van der Waals surface area contributed by atoms with Crippen molar-refractivity contribution in [3.63, 3.8) is 0 Å². The molecular formula is C26H24N6O2S. The van der Waals surface area contributed by atoms with Crippen LogP contribution in [0.5, 0.6) is 0 Å². The smallest absolute Gasteiger partial charge is 0.310 e. The van der Waals surface area contributed by atoms with Gasteiger partial charge in [-0.05, 0) is 35.2 Å². The zero-order valence-electron chi connectivity index (χ0n) is 19.3. The number of nitrogen functional groups attached to an aromatic ring is 2. The minimum Gasteiger partial charge on any atom is -0.469 e. The van der Waals surface area contributed by atoms with Gasteiger partial charge in [-0.25, -0.2) is 9.97 Å². The van der Waals surface area contributed by atoms with Gasteiger partial charge in [0.2, 0.25) is 5.95 Å². The lowest BCUT2D eigenvalue weighted by molar-refractivity contribution is -0.145. The topological polar surface area (TPSA) is 133 Å². The predicted octanol–water partition coefficient (Wildman–Crippen LogP) is 4.95. The van der Waals surface area contributed by atoms with Crippen LogP contribution in [0.3, 0.4) is 0 Å². The van der Waals surface area contributed by atoms with Crippen LogP contribution in [-0.4, -0.2) is 33.8 Å². The summed E-state index contributed by atoms with van der Waals surface area (Å²) in [4.78, 5) is 21.7. The van der Waals surface area contributed by atoms with Gasteiger partial charge in [0.15, 0.2) is 0 Å². The normalized spacial score (nSPS) is 12.2. The van der Waals surface area contributed by atoms with Crippen LogP contribution in [0.15, 0.2) is 54.9 Å². The number of hydrogen-bond donors (Lipinski definition) is 3. The maximum atomic E-state index is 12.1. The molecule has 0 amide bonds. The Morgan fingerprint density at radius 3 is 2.77 bits per heavy atom. The third-order valence-corrected chi connectivity index (χ3v) is 7.23. The molecule has 9 heteroatoms. The van der Waals surface area contributed by atoms with Gasteiger partial charge in [-0.1, -0.05) is 25.1 Å². The SMILES string of the molecule is COC(=O)C(C)Cn1cc(-c2cc(C=N)c(N)c(-c3cc4ccccc4s3)c2)c2nc(N)ncc21. The van der Waals surface area contributed by atoms with Crippen molar-refractivity contribution in [2.45, 2.75) is 13.5 Å². The number of methoxy groups -OCH3 is 1. The molecule has 1 atom stereocenters. The zero-order valence-corrected chi connectivity index (χ0v) is 20.1. The zero-order chi connectivity index (χ0) is 24.7. The highest BCUT2D eigenvalue weighted by molar-refractivity contribution is 7.22. The summed E-state index contributed by atoms with van der Waals surface area (Å²) in [6.07, 6.45) is 4.86. The average molecular weight is 485 g/mol. The Labute approximate surface area is 205 Å². The predicted molar refractivity (Wildman–Crippen MR) is 142 cm³/mol. The molecule has 5 aromatic rings. The second-order valence-electron chi connectivity index (χ2n) is 8.40. The lowest BCUT2D eigenvalue weighted by Crippen LogP contribution is -2.18. The largest absolute Gasteiger partial charge is 0.469 e. The average Bonchev–Trinajstić information content (AvgIpc) is 3.45. The van der Waals surface area contributed by atoms with E-state index in [4.69, 9.17) is 21.6 Å². The van der Waals surface area contributed by atoms with Gasteiger partial charge < -0.3 is 26.2 Å². The van der Waals surface area contributed by atoms with Gasteiger partial charge in [0, 0.05) is 50.9 Å². The molecule has 3 heterocycles. The van der Waals surface area contributed by atoms with E-state index in [1.54, 1.807) is 17.5 Å². The molecule has 0 saturated carbocycles. The number of nitrogens with one attached hydrogen (secondary N) is 1. The molecule has 8 nitrogen and oxygen atoms in total. The molecular weight excluding hydrogens is 460 g/mol. The van der Waals surface area contributed by atoms with Crippen LogP contribution in [0.1, 0.15) is 12.5 Å². The molecule has 2 aromatic carbocycles. The van der Waals surface area contributed by atoms with Crippen LogP contribution >= 0.6 is 11.3 Å². The minimum absolute atomic E-state index is 0.157. The molecule has 0 bridgehead atoms. The Morgan fingerprint density at radius 1 is 1.23 bits per heavy atom. The van der Waals surface area contributed by atoms with E-state index in [1.807, 2.05) is 42.0 Å². The monoisotopic (exact) mass is 484 g/mol. The molecule has 0 fully saturated rings. The molecule has 5 rings (SSSR count). The standard InChI is InChI=1S/C26H24N6O2S/c1-14(25(33)34-2)12-32-13-19(24-20(32)11-30-26(29)31-24)16-7-17(10-27)23(28)18(8-16)22-9-15-5-3-4-6-21(15)35-22/h3-11,13-14,27H,12,28H2,1-2H3,(H2,29,30,31). The molecule has 0 radical (unpaired) electrons. The summed E-state index contributed by atoms with van der Waals surface area (Å²) in [6, 6.07) is 14.2. The van der Waals surface area contributed by atoms with Crippen molar-refractivity contribution in [1.29, 1.82) is 5.41 Å². The van der Waals surface area contributed by atoms with Crippen LogP contribution < -0.4 is 11.5 Å². The lowest BCUT2D eigenvalue weighted by Gasteiger charge is -2.11. The number of thiophene rings is 1. The molecule has 176 valence electrons. The minimum atomic E-state index is -0.362. The fourth-order valence-electron chi connectivity index (χ4n) is 4.29. The number of nitrogens with two attached hydrogens (primary N) is 2. The van der Waals surface area contributed by atoms with E-state index in [0.717, 1.165) is 37.2 Å². The fraction of sp³-hybridized carbons (Fsp3) is 0.154. The maximum Gasteiger partial charge on any atom is 0.310 e. The number of rotatable bonds is 6. The second-order valence-corrected chi connectivity index (χ2v) is 9.48. The Kier molecular flexibility index (Phi) is 5.70. The summed E-state index contributed by atoms with van der Waals surface area (Å²) >= 11 is 1.66. The number of benzene rings is 2. The van der Waals surface area contributed by atoms with Gasteiger partial charge in [0.1, 0.15) is 5.52 Å². The number of nitrogens with zero attached hydrogens (tertiary/aromatic N) is 3. The first-order chi connectivity index (χ1) is 16.9. The van der Waals surface area contributed by atoms with E-state index in [2.05, 4.69) is 28.2 Å². The van der Waals surface area contributed by atoms with Crippen molar-refractivity contribution in [2.75, 3.05) is 18.6 Å². The summed E-state index contributed by atoms with van der Waals surface area (Å²) in [5.74, 6) is -0.501. The van der Waals surface area contributed by atoms with Crippen LogP contribution in [0.2, 0.25) is 0 Å². The van der Waals surface area contributed by atoms with Crippen molar-refractivity contribution < 1.29 is 9.53 Å². The Morgan fingerprint density at radius 2 is 2.03 bits per heavy atom. The fourth-order valence-corrected chi connectivity index (χ4v) is 5.38. The van der Waals surface area contributed by atoms with E-state index in [0.29, 0.717) is 23.3 Å². The van der Waals surface area contributed by atoms with Crippen LogP contribution in [0.4, 0.5) is 11.6 Å². The molecule has 0 spiro atoms. The van der Waals surface area contributed by atoms with E-state index >= 15 is 0 Å². The molecule has 0 saturated heterocycles.